The molecule has 1 fully saturated rings. The Morgan fingerprint density at radius 2 is 1.75 bits per heavy atom. The van der Waals surface area contributed by atoms with Gasteiger partial charge >= 0.3 is 0 Å². The van der Waals surface area contributed by atoms with Crippen LogP contribution in [0.5, 0.6) is 17.2 Å². The van der Waals surface area contributed by atoms with Crippen molar-refractivity contribution >= 4 is 11.6 Å². The van der Waals surface area contributed by atoms with Crippen LogP contribution in [-0.4, -0.2) is 38.7 Å². The maximum atomic E-state index is 6.08. The molecule has 0 aromatic heterocycles. The zero-order valence-corrected chi connectivity index (χ0v) is 16.7. The molecule has 152 valence electrons. The van der Waals surface area contributed by atoms with Gasteiger partial charge in [0.25, 0.3) is 0 Å². The van der Waals surface area contributed by atoms with Gasteiger partial charge in [0.05, 0.1) is 32.5 Å². The highest BCUT2D eigenvalue weighted by molar-refractivity contribution is 6.20. The minimum absolute atomic E-state index is 0.215. The maximum Gasteiger partial charge on any atom is 0.161 e. The van der Waals surface area contributed by atoms with Gasteiger partial charge in [-0.25, -0.2) is 0 Å². The number of nitrogens with one attached hydrogen (secondary N) is 2. The third-order valence-electron chi connectivity index (χ3n) is 4.42. The summed E-state index contributed by atoms with van der Waals surface area (Å²) in [6, 6.07) is 13.4. The molecule has 28 heavy (non-hydrogen) atoms. The summed E-state index contributed by atoms with van der Waals surface area (Å²) in [6.07, 6.45) is -0.683. The Morgan fingerprint density at radius 3 is 2.46 bits per heavy atom. The Hall–Kier alpha value is -2.03. The third-order valence-corrected chi connectivity index (χ3v) is 4.70. The van der Waals surface area contributed by atoms with Gasteiger partial charge in [-0.15, -0.1) is 11.6 Å². The van der Waals surface area contributed by atoms with Crippen molar-refractivity contribution in [1.82, 2.24) is 10.6 Å². The highest BCUT2D eigenvalue weighted by atomic mass is 35.5. The Kier molecular flexibility index (Phi) is 7.36. The summed E-state index contributed by atoms with van der Waals surface area (Å²) in [4.78, 5) is 0. The number of benzene rings is 2. The SMILES string of the molecule is COc1ccc(COc2ccc(COC3NC(Cl)CNC3N)cc2OC)cc1. The van der Waals surface area contributed by atoms with Crippen LogP contribution in [0.1, 0.15) is 11.1 Å². The second-order valence-corrected chi connectivity index (χ2v) is 6.95. The highest BCUT2D eigenvalue weighted by Gasteiger charge is 2.26. The second-order valence-electron chi connectivity index (χ2n) is 6.42. The molecule has 2 aromatic carbocycles. The van der Waals surface area contributed by atoms with Gasteiger partial charge < -0.3 is 24.7 Å². The summed E-state index contributed by atoms with van der Waals surface area (Å²) in [5.41, 5.74) is 7.76. The fourth-order valence-corrected chi connectivity index (χ4v) is 3.04. The first-order valence-corrected chi connectivity index (χ1v) is 9.46. The average molecular weight is 408 g/mol. The second kappa shape index (κ2) is 9.95. The summed E-state index contributed by atoms with van der Waals surface area (Å²) < 4.78 is 22.4. The number of nitrogens with two attached hydrogens (primary N) is 1. The molecule has 8 heteroatoms. The summed E-state index contributed by atoms with van der Waals surface area (Å²) >= 11 is 6.08. The van der Waals surface area contributed by atoms with Crippen molar-refractivity contribution in [2.45, 2.75) is 31.1 Å². The number of alkyl halides is 1. The Bertz CT molecular complexity index is 760. The van der Waals surface area contributed by atoms with Gasteiger partial charge in [0, 0.05) is 6.54 Å². The topological polar surface area (TPSA) is 87.0 Å². The molecule has 0 aliphatic carbocycles. The summed E-state index contributed by atoms with van der Waals surface area (Å²) in [7, 11) is 3.25. The van der Waals surface area contributed by atoms with Gasteiger partial charge in [0.15, 0.2) is 11.5 Å². The van der Waals surface area contributed by atoms with Gasteiger partial charge in [0.1, 0.15) is 18.6 Å². The number of ether oxygens (including phenoxy) is 4. The molecular formula is C20H26ClN3O4. The summed E-state index contributed by atoms with van der Waals surface area (Å²) in [6.45, 7) is 1.39. The van der Waals surface area contributed by atoms with E-state index in [0.29, 0.717) is 31.3 Å². The van der Waals surface area contributed by atoms with Crippen LogP contribution in [0.3, 0.4) is 0 Å². The number of hydrogen-bond acceptors (Lipinski definition) is 7. The fraction of sp³-hybridized carbons (Fsp3) is 0.400. The zero-order chi connectivity index (χ0) is 19.9. The van der Waals surface area contributed by atoms with E-state index in [0.717, 1.165) is 16.9 Å². The van der Waals surface area contributed by atoms with Crippen LogP contribution in [0.25, 0.3) is 0 Å². The molecule has 0 saturated carbocycles. The molecule has 0 bridgehead atoms. The third kappa shape index (κ3) is 5.50. The highest BCUT2D eigenvalue weighted by Crippen LogP contribution is 2.29. The molecule has 7 nitrogen and oxygen atoms in total. The van der Waals surface area contributed by atoms with Crippen molar-refractivity contribution in [1.29, 1.82) is 0 Å². The van der Waals surface area contributed by atoms with Crippen molar-refractivity contribution < 1.29 is 18.9 Å². The molecule has 0 spiro atoms. The van der Waals surface area contributed by atoms with Crippen molar-refractivity contribution in [3.8, 4) is 17.2 Å². The minimum atomic E-state index is -0.367. The van der Waals surface area contributed by atoms with Gasteiger partial charge in [-0.3, -0.25) is 10.6 Å². The molecule has 1 saturated heterocycles. The average Bonchev–Trinajstić information content (AvgIpc) is 2.73. The lowest BCUT2D eigenvalue weighted by molar-refractivity contribution is -0.0207. The molecule has 1 aliphatic rings. The van der Waals surface area contributed by atoms with Crippen molar-refractivity contribution in [2.75, 3.05) is 20.8 Å². The predicted octanol–water partition coefficient (Wildman–Crippen LogP) is 2.17. The van der Waals surface area contributed by atoms with Crippen LogP contribution in [-0.2, 0) is 18.0 Å². The molecule has 2 aromatic rings. The van der Waals surface area contributed by atoms with E-state index < -0.39 is 0 Å². The van der Waals surface area contributed by atoms with Gasteiger partial charge in [-0.05, 0) is 35.4 Å². The summed E-state index contributed by atoms with van der Waals surface area (Å²) in [5.74, 6) is 2.12. The molecule has 3 unspecified atom stereocenters. The van der Waals surface area contributed by atoms with E-state index in [4.69, 9.17) is 36.3 Å². The Balaban J connectivity index is 1.58. The van der Waals surface area contributed by atoms with E-state index in [1.807, 2.05) is 42.5 Å². The molecule has 0 radical (unpaired) electrons. The van der Waals surface area contributed by atoms with E-state index in [-0.39, 0.29) is 17.9 Å². The van der Waals surface area contributed by atoms with Crippen molar-refractivity contribution in [3.63, 3.8) is 0 Å². The maximum absolute atomic E-state index is 6.08. The minimum Gasteiger partial charge on any atom is -0.497 e. The van der Waals surface area contributed by atoms with E-state index in [1.54, 1.807) is 14.2 Å². The lowest BCUT2D eigenvalue weighted by Gasteiger charge is -2.33. The largest absolute Gasteiger partial charge is 0.497 e. The van der Waals surface area contributed by atoms with Crippen LogP contribution in [0, 0.1) is 0 Å². The first-order valence-electron chi connectivity index (χ1n) is 9.02. The van der Waals surface area contributed by atoms with E-state index in [2.05, 4.69) is 10.6 Å². The van der Waals surface area contributed by atoms with Crippen molar-refractivity contribution in [3.05, 3.63) is 53.6 Å². The van der Waals surface area contributed by atoms with Crippen LogP contribution in [0.4, 0.5) is 0 Å². The fourth-order valence-electron chi connectivity index (χ4n) is 2.83. The summed E-state index contributed by atoms with van der Waals surface area (Å²) in [5, 5.41) is 6.21. The van der Waals surface area contributed by atoms with Crippen LogP contribution in [0.2, 0.25) is 0 Å². The van der Waals surface area contributed by atoms with E-state index in [9.17, 15) is 0 Å². The molecule has 0 amide bonds. The molecule has 3 atom stereocenters. The number of piperazine rings is 1. The lowest BCUT2D eigenvalue weighted by atomic mass is 10.2. The molecule has 4 N–H and O–H groups in total. The monoisotopic (exact) mass is 407 g/mol. The first-order chi connectivity index (χ1) is 13.6. The van der Waals surface area contributed by atoms with Crippen LogP contribution >= 0.6 is 11.6 Å². The smallest absolute Gasteiger partial charge is 0.161 e. The zero-order valence-electron chi connectivity index (χ0n) is 16.0. The number of hydrogen-bond donors (Lipinski definition) is 3. The lowest BCUT2D eigenvalue weighted by Crippen LogP contribution is -2.63. The van der Waals surface area contributed by atoms with Crippen LogP contribution < -0.4 is 30.6 Å². The van der Waals surface area contributed by atoms with E-state index in [1.165, 1.54) is 0 Å². The molecule has 1 heterocycles. The van der Waals surface area contributed by atoms with Gasteiger partial charge in [-0.2, -0.15) is 0 Å². The van der Waals surface area contributed by atoms with Gasteiger partial charge in [-0.1, -0.05) is 18.2 Å². The number of halogens is 1. The van der Waals surface area contributed by atoms with Crippen LogP contribution in [0.15, 0.2) is 42.5 Å². The Morgan fingerprint density at radius 1 is 1.00 bits per heavy atom. The quantitative estimate of drug-likeness (QED) is 0.456. The Labute approximate surface area is 170 Å². The van der Waals surface area contributed by atoms with Crippen molar-refractivity contribution in [2.24, 2.45) is 5.73 Å². The predicted molar refractivity (Wildman–Crippen MR) is 108 cm³/mol. The first kappa shape index (κ1) is 20.7. The normalized spacial score (nSPS) is 21.9. The van der Waals surface area contributed by atoms with E-state index >= 15 is 0 Å². The number of methoxy groups -OCH3 is 2. The van der Waals surface area contributed by atoms with Gasteiger partial charge in [0.2, 0.25) is 0 Å². The molecular weight excluding hydrogens is 382 g/mol. The molecule has 3 rings (SSSR count). The standard InChI is InChI=1S/C20H26ClN3O4/c1-25-15-6-3-13(4-7-15)11-27-16-8-5-14(9-17(16)26-2)12-28-20-19(22)23-10-18(21)24-20/h3-9,18-20,23-24H,10-12,22H2,1-2H3. The molecule has 1 aliphatic heterocycles. The number of rotatable bonds is 8.